The molecule has 0 atom stereocenters. The van der Waals surface area contributed by atoms with E-state index in [1.807, 2.05) is 19.1 Å². The zero-order valence-electron chi connectivity index (χ0n) is 11.4. The minimum atomic E-state index is -0.944. The van der Waals surface area contributed by atoms with Crippen LogP contribution in [0.2, 0.25) is 0 Å². The molecular weight excluding hydrogens is 256 g/mol. The van der Waals surface area contributed by atoms with Gasteiger partial charge in [-0.2, -0.15) is 0 Å². The van der Waals surface area contributed by atoms with E-state index in [9.17, 15) is 4.79 Å². The van der Waals surface area contributed by atoms with Crippen LogP contribution in [-0.4, -0.2) is 23.2 Å². The Bertz CT molecular complexity index is 609. The second kappa shape index (κ2) is 6.06. The predicted molar refractivity (Wildman–Crippen MR) is 76.3 cm³/mol. The van der Waals surface area contributed by atoms with E-state index in [4.69, 9.17) is 9.84 Å². The van der Waals surface area contributed by atoms with Crippen molar-refractivity contribution >= 4 is 11.7 Å². The number of anilines is 1. The molecule has 0 spiro atoms. The van der Waals surface area contributed by atoms with Gasteiger partial charge in [0.1, 0.15) is 0 Å². The second-order valence-electron chi connectivity index (χ2n) is 4.42. The van der Waals surface area contributed by atoms with Crippen LogP contribution in [0.1, 0.15) is 21.5 Å². The summed E-state index contributed by atoms with van der Waals surface area (Å²) in [5.41, 5.74) is 2.82. The summed E-state index contributed by atoms with van der Waals surface area (Å²) < 4.78 is 4.99. The third-order valence-corrected chi connectivity index (χ3v) is 2.90. The number of rotatable bonds is 5. The monoisotopic (exact) mass is 272 g/mol. The zero-order chi connectivity index (χ0) is 14.5. The number of carbonyl (C=O) groups is 1. The first-order chi connectivity index (χ1) is 9.60. The second-order valence-corrected chi connectivity index (χ2v) is 4.42. The number of hydrogen-bond donors (Lipinski definition) is 2. The molecular formula is C15H16N2O3. The quantitative estimate of drug-likeness (QED) is 0.875. The summed E-state index contributed by atoms with van der Waals surface area (Å²) in [6.45, 7) is 2.42. The average molecular weight is 272 g/mol. The molecule has 0 bridgehead atoms. The largest absolute Gasteiger partial charge is 0.481 e. The molecule has 0 radical (unpaired) electrons. The van der Waals surface area contributed by atoms with Crippen LogP contribution in [0.3, 0.4) is 0 Å². The fourth-order valence-electron chi connectivity index (χ4n) is 1.82. The van der Waals surface area contributed by atoms with Crippen LogP contribution in [0.4, 0.5) is 5.69 Å². The summed E-state index contributed by atoms with van der Waals surface area (Å²) in [6, 6.07) is 8.86. The van der Waals surface area contributed by atoms with E-state index in [2.05, 4.69) is 10.3 Å². The third kappa shape index (κ3) is 3.26. The van der Waals surface area contributed by atoms with Crippen LogP contribution in [0, 0.1) is 6.92 Å². The Morgan fingerprint density at radius 3 is 2.75 bits per heavy atom. The van der Waals surface area contributed by atoms with Gasteiger partial charge < -0.3 is 15.2 Å². The van der Waals surface area contributed by atoms with Gasteiger partial charge in [-0.25, -0.2) is 9.78 Å². The molecule has 0 saturated carbocycles. The van der Waals surface area contributed by atoms with E-state index in [0.717, 1.165) is 11.1 Å². The standard InChI is InChI=1S/C15H16N2O3/c1-10-3-5-12(15(18)19)13(7-10)16-8-11-4-6-14(20-2)17-9-11/h3-7,9,16H,8H2,1-2H3,(H,18,19). The van der Waals surface area contributed by atoms with Gasteiger partial charge >= 0.3 is 5.97 Å². The highest BCUT2D eigenvalue weighted by Crippen LogP contribution is 2.19. The fourth-order valence-corrected chi connectivity index (χ4v) is 1.82. The van der Waals surface area contributed by atoms with E-state index < -0.39 is 5.97 Å². The first-order valence-corrected chi connectivity index (χ1v) is 6.17. The average Bonchev–Trinajstić information content (AvgIpc) is 2.45. The molecule has 0 aliphatic rings. The van der Waals surface area contributed by atoms with Crippen molar-refractivity contribution in [2.24, 2.45) is 0 Å². The molecule has 2 aromatic rings. The molecule has 0 aliphatic heterocycles. The van der Waals surface area contributed by atoms with Crippen molar-refractivity contribution in [1.82, 2.24) is 4.98 Å². The molecule has 1 heterocycles. The van der Waals surface area contributed by atoms with Gasteiger partial charge in [0.05, 0.1) is 12.7 Å². The summed E-state index contributed by atoms with van der Waals surface area (Å²) in [5.74, 6) is -0.393. The highest BCUT2D eigenvalue weighted by Gasteiger charge is 2.09. The van der Waals surface area contributed by atoms with Gasteiger partial charge in [0.15, 0.2) is 0 Å². The maximum Gasteiger partial charge on any atom is 0.337 e. The lowest BCUT2D eigenvalue weighted by Crippen LogP contribution is -2.07. The van der Waals surface area contributed by atoms with E-state index in [-0.39, 0.29) is 5.56 Å². The molecule has 20 heavy (non-hydrogen) atoms. The molecule has 0 fully saturated rings. The molecule has 1 aromatic heterocycles. The SMILES string of the molecule is COc1ccc(CNc2cc(C)ccc2C(=O)O)cn1. The Morgan fingerprint density at radius 1 is 1.35 bits per heavy atom. The molecule has 0 saturated heterocycles. The van der Waals surface area contributed by atoms with Gasteiger partial charge in [-0.3, -0.25) is 0 Å². The molecule has 0 unspecified atom stereocenters. The van der Waals surface area contributed by atoms with Gasteiger partial charge in [-0.1, -0.05) is 12.1 Å². The van der Waals surface area contributed by atoms with Gasteiger partial charge in [-0.15, -0.1) is 0 Å². The maximum atomic E-state index is 11.2. The molecule has 2 N–H and O–H groups in total. The number of pyridine rings is 1. The molecule has 0 aliphatic carbocycles. The zero-order valence-corrected chi connectivity index (χ0v) is 11.4. The highest BCUT2D eigenvalue weighted by molar-refractivity contribution is 5.94. The summed E-state index contributed by atoms with van der Waals surface area (Å²) in [5, 5.41) is 12.3. The van der Waals surface area contributed by atoms with Gasteiger partial charge in [0, 0.05) is 24.5 Å². The lowest BCUT2D eigenvalue weighted by Gasteiger charge is -2.10. The Morgan fingerprint density at radius 2 is 2.15 bits per heavy atom. The number of nitrogens with zero attached hydrogens (tertiary/aromatic N) is 1. The van der Waals surface area contributed by atoms with Crippen LogP contribution in [-0.2, 0) is 6.54 Å². The Hall–Kier alpha value is -2.56. The van der Waals surface area contributed by atoms with Crippen LogP contribution in [0.5, 0.6) is 5.88 Å². The predicted octanol–water partition coefficient (Wildman–Crippen LogP) is 2.71. The van der Waals surface area contributed by atoms with Gasteiger partial charge in [0.25, 0.3) is 0 Å². The van der Waals surface area contributed by atoms with Gasteiger partial charge in [-0.05, 0) is 30.2 Å². The van der Waals surface area contributed by atoms with Crippen LogP contribution >= 0.6 is 0 Å². The van der Waals surface area contributed by atoms with Crippen molar-refractivity contribution in [2.45, 2.75) is 13.5 Å². The Balaban J connectivity index is 2.13. The van der Waals surface area contributed by atoms with E-state index in [0.29, 0.717) is 18.1 Å². The number of carboxylic acid groups (broad SMARTS) is 1. The topological polar surface area (TPSA) is 71.5 Å². The van der Waals surface area contributed by atoms with Crippen LogP contribution in [0.15, 0.2) is 36.5 Å². The Kier molecular flexibility index (Phi) is 4.20. The van der Waals surface area contributed by atoms with Gasteiger partial charge in [0.2, 0.25) is 5.88 Å². The number of methoxy groups -OCH3 is 1. The number of aromatic nitrogens is 1. The van der Waals surface area contributed by atoms with Crippen molar-refractivity contribution in [3.63, 3.8) is 0 Å². The molecule has 104 valence electrons. The smallest absolute Gasteiger partial charge is 0.337 e. The van der Waals surface area contributed by atoms with Crippen molar-refractivity contribution < 1.29 is 14.6 Å². The summed E-state index contributed by atoms with van der Waals surface area (Å²) in [6.07, 6.45) is 1.70. The molecule has 1 aromatic carbocycles. The number of nitrogens with one attached hydrogen (secondary N) is 1. The van der Waals surface area contributed by atoms with Crippen molar-refractivity contribution in [1.29, 1.82) is 0 Å². The number of hydrogen-bond acceptors (Lipinski definition) is 4. The lowest BCUT2D eigenvalue weighted by molar-refractivity contribution is 0.0698. The molecule has 5 nitrogen and oxygen atoms in total. The number of carboxylic acids is 1. The number of aromatic carboxylic acids is 1. The maximum absolute atomic E-state index is 11.2. The summed E-state index contributed by atoms with van der Waals surface area (Å²) in [7, 11) is 1.56. The van der Waals surface area contributed by atoms with E-state index in [1.165, 1.54) is 0 Å². The van der Waals surface area contributed by atoms with Crippen molar-refractivity contribution in [3.05, 3.63) is 53.2 Å². The number of ether oxygens (including phenoxy) is 1. The third-order valence-electron chi connectivity index (χ3n) is 2.90. The Labute approximate surface area is 117 Å². The van der Waals surface area contributed by atoms with E-state index in [1.54, 1.807) is 31.5 Å². The fraction of sp³-hybridized carbons (Fsp3) is 0.200. The van der Waals surface area contributed by atoms with Crippen molar-refractivity contribution in [2.75, 3.05) is 12.4 Å². The minimum absolute atomic E-state index is 0.261. The first-order valence-electron chi connectivity index (χ1n) is 6.17. The normalized spacial score (nSPS) is 10.1. The first kappa shape index (κ1) is 13.9. The minimum Gasteiger partial charge on any atom is -0.481 e. The van der Waals surface area contributed by atoms with Crippen molar-refractivity contribution in [3.8, 4) is 5.88 Å². The molecule has 2 rings (SSSR count). The van der Waals surface area contributed by atoms with E-state index >= 15 is 0 Å². The number of benzene rings is 1. The summed E-state index contributed by atoms with van der Waals surface area (Å²) in [4.78, 5) is 15.3. The van der Waals surface area contributed by atoms with Crippen LogP contribution < -0.4 is 10.1 Å². The molecule has 0 amide bonds. The molecule has 5 heteroatoms. The lowest BCUT2D eigenvalue weighted by atomic mass is 10.1. The van der Waals surface area contributed by atoms with Crippen LogP contribution in [0.25, 0.3) is 0 Å². The number of aryl methyl sites for hydroxylation is 1. The highest BCUT2D eigenvalue weighted by atomic mass is 16.5. The summed E-state index contributed by atoms with van der Waals surface area (Å²) >= 11 is 0.